The Morgan fingerprint density at radius 3 is 2.00 bits per heavy atom. The highest BCUT2D eigenvalue weighted by Crippen LogP contribution is 2.45. The summed E-state index contributed by atoms with van der Waals surface area (Å²) in [5.74, 6) is -0.788. The van der Waals surface area contributed by atoms with Gasteiger partial charge in [0.05, 0.1) is 12.2 Å². The minimum Gasteiger partial charge on any atom is -0.392 e. The first kappa shape index (κ1) is 23.4. The van der Waals surface area contributed by atoms with E-state index in [0.717, 1.165) is 18.4 Å². The summed E-state index contributed by atoms with van der Waals surface area (Å²) < 4.78 is 43.3. The maximum absolute atomic E-state index is 14.4. The number of aromatic nitrogens is 1. The molecular weight excluding hydrogens is 375 g/mol. The third-order valence-electron chi connectivity index (χ3n) is 5.33. The quantitative estimate of drug-likeness (QED) is 0.503. The lowest BCUT2D eigenvalue weighted by Gasteiger charge is -2.30. The lowest BCUT2D eigenvalue weighted by molar-refractivity contribution is -0.139. The second-order valence-corrected chi connectivity index (χ2v) is 8.22. The smallest absolute Gasteiger partial charge is 0.392 e. The van der Waals surface area contributed by atoms with E-state index in [0.29, 0.717) is 17.8 Å². The number of rotatable bonds is 8. The van der Waals surface area contributed by atoms with Crippen molar-refractivity contribution >= 4 is 0 Å². The third kappa shape index (κ3) is 5.19. The van der Waals surface area contributed by atoms with E-state index in [1.54, 1.807) is 0 Å². The topological polar surface area (TPSA) is 33.1 Å². The van der Waals surface area contributed by atoms with Crippen LogP contribution in [0.1, 0.15) is 105 Å². The maximum Gasteiger partial charge on any atom is 0.417 e. The first-order valence-corrected chi connectivity index (χ1v) is 10.4. The normalized spacial score (nSPS) is 13.3. The van der Waals surface area contributed by atoms with E-state index < -0.39 is 24.3 Å². The fourth-order valence-electron chi connectivity index (χ4n) is 4.00. The molecule has 5 heteroatoms. The molecule has 0 saturated heterocycles. The van der Waals surface area contributed by atoms with Gasteiger partial charge in [-0.3, -0.25) is 4.98 Å². The number of hydrogen-bond acceptors (Lipinski definition) is 2. The number of halogens is 3. The Balaban J connectivity index is 2.95. The maximum atomic E-state index is 14.4. The Kier molecular flexibility index (Phi) is 7.87. The van der Waals surface area contributed by atoms with Crippen LogP contribution in [0.5, 0.6) is 0 Å². The fourth-order valence-corrected chi connectivity index (χ4v) is 4.00. The number of hydrogen-bond donors (Lipinski definition) is 1. The molecule has 0 saturated carbocycles. The molecule has 0 bridgehead atoms. The summed E-state index contributed by atoms with van der Waals surface area (Å²) in [4.78, 5) is 4.71. The van der Waals surface area contributed by atoms with Crippen LogP contribution in [0.2, 0.25) is 0 Å². The Morgan fingerprint density at radius 2 is 1.55 bits per heavy atom. The van der Waals surface area contributed by atoms with Crippen molar-refractivity contribution < 1.29 is 18.3 Å². The van der Waals surface area contributed by atoms with Crippen molar-refractivity contribution in [2.24, 2.45) is 0 Å². The van der Waals surface area contributed by atoms with Crippen LogP contribution in [0.3, 0.4) is 0 Å². The van der Waals surface area contributed by atoms with E-state index in [4.69, 9.17) is 4.98 Å². The largest absolute Gasteiger partial charge is 0.417 e. The van der Waals surface area contributed by atoms with Crippen molar-refractivity contribution in [1.29, 1.82) is 0 Å². The first-order chi connectivity index (χ1) is 13.6. The van der Waals surface area contributed by atoms with Crippen molar-refractivity contribution in [3.05, 3.63) is 64.0 Å². The van der Waals surface area contributed by atoms with E-state index in [1.807, 2.05) is 65.0 Å². The van der Waals surface area contributed by atoms with Crippen molar-refractivity contribution in [3.8, 4) is 0 Å². The molecule has 1 aromatic carbocycles. The fraction of sp³-hybridized carbons (Fsp3) is 0.542. The van der Waals surface area contributed by atoms with E-state index in [-0.39, 0.29) is 23.0 Å². The van der Waals surface area contributed by atoms with Gasteiger partial charge in [-0.1, -0.05) is 77.8 Å². The molecule has 0 fully saturated rings. The third-order valence-corrected chi connectivity index (χ3v) is 5.33. The molecule has 29 heavy (non-hydrogen) atoms. The van der Waals surface area contributed by atoms with E-state index in [1.165, 1.54) is 0 Å². The minimum absolute atomic E-state index is 0.0793. The van der Waals surface area contributed by atoms with Gasteiger partial charge in [0.25, 0.3) is 0 Å². The molecule has 0 aliphatic rings. The molecule has 1 aromatic heterocycles. The van der Waals surface area contributed by atoms with Crippen molar-refractivity contribution in [2.75, 3.05) is 0 Å². The molecule has 160 valence electrons. The van der Waals surface area contributed by atoms with Gasteiger partial charge in [-0.2, -0.15) is 13.2 Å². The molecule has 0 radical (unpaired) electrons. The highest BCUT2D eigenvalue weighted by molar-refractivity contribution is 5.49. The summed E-state index contributed by atoms with van der Waals surface area (Å²) in [6.07, 6.45) is -2.25. The summed E-state index contributed by atoms with van der Waals surface area (Å²) in [6.45, 7) is 8.77. The number of nitrogens with zero attached hydrogens (tertiary/aromatic N) is 1. The molecule has 2 nitrogen and oxygen atoms in total. The molecular formula is C24H32F3NO. The number of pyridine rings is 1. The number of aliphatic hydroxyl groups is 1. The molecule has 1 N–H and O–H groups in total. The van der Waals surface area contributed by atoms with Gasteiger partial charge in [-0.05, 0) is 29.4 Å². The molecule has 2 rings (SSSR count). The number of aliphatic hydroxyl groups excluding tert-OH is 1. The highest BCUT2D eigenvalue weighted by atomic mass is 19.4. The summed E-state index contributed by atoms with van der Waals surface area (Å²) in [6, 6.07) is 9.37. The van der Waals surface area contributed by atoms with E-state index in [9.17, 15) is 18.3 Å². The number of unbranched alkanes of at least 4 members (excludes halogenated alkanes) is 1. The SMILES string of the molecule is CCCCC(c1ccccc1)c1c(C(C)C)nc(C(C)C)c(CO)c1C(F)(F)F. The Labute approximate surface area is 172 Å². The Bertz CT molecular complexity index is 798. The monoisotopic (exact) mass is 407 g/mol. The molecule has 1 heterocycles. The predicted octanol–water partition coefficient (Wildman–Crippen LogP) is 7.16. The zero-order chi connectivity index (χ0) is 21.8. The van der Waals surface area contributed by atoms with Gasteiger partial charge < -0.3 is 5.11 Å². The van der Waals surface area contributed by atoms with Gasteiger partial charge in [0.2, 0.25) is 0 Å². The van der Waals surface area contributed by atoms with Crippen LogP contribution < -0.4 is 0 Å². The van der Waals surface area contributed by atoms with Crippen LogP contribution in [0.15, 0.2) is 30.3 Å². The molecule has 0 amide bonds. The second kappa shape index (κ2) is 9.75. The van der Waals surface area contributed by atoms with Gasteiger partial charge >= 0.3 is 6.18 Å². The van der Waals surface area contributed by atoms with Gasteiger partial charge in [-0.25, -0.2) is 0 Å². The Hall–Kier alpha value is -1.88. The molecule has 0 spiro atoms. The molecule has 1 unspecified atom stereocenters. The first-order valence-electron chi connectivity index (χ1n) is 10.4. The van der Waals surface area contributed by atoms with Crippen LogP contribution in [-0.4, -0.2) is 10.1 Å². The Morgan fingerprint density at radius 1 is 0.966 bits per heavy atom. The summed E-state index contributed by atoms with van der Waals surface area (Å²) in [5, 5.41) is 9.95. The lowest BCUT2D eigenvalue weighted by atomic mass is 9.79. The van der Waals surface area contributed by atoms with Crippen LogP contribution >= 0.6 is 0 Å². The van der Waals surface area contributed by atoms with Crippen LogP contribution in [0, 0.1) is 0 Å². The van der Waals surface area contributed by atoms with Crippen molar-refractivity contribution in [1.82, 2.24) is 4.98 Å². The minimum atomic E-state index is -4.57. The second-order valence-electron chi connectivity index (χ2n) is 8.22. The summed E-state index contributed by atoms with van der Waals surface area (Å²) >= 11 is 0. The van der Waals surface area contributed by atoms with Gasteiger partial charge in [-0.15, -0.1) is 0 Å². The number of benzene rings is 1. The highest BCUT2D eigenvalue weighted by Gasteiger charge is 2.41. The van der Waals surface area contributed by atoms with Crippen LogP contribution in [0.4, 0.5) is 13.2 Å². The standard InChI is InChI=1S/C24H32F3NO/c1-6-7-13-18(17-11-9-8-10-12-17)20-21(24(25,26)27)19(14-29)22(15(2)3)28-23(20)16(4)5/h8-12,15-16,18,29H,6-7,13-14H2,1-5H3. The zero-order valence-corrected chi connectivity index (χ0v) is 18.0. The van der Waals surface area contributed by atoms with Gasteiger partial charge in [0.15, 0.2) is 0 Å². The van der Waals surface area contributed by atoms with Gasteiger partial charge in [0.1, 0.15) is 0 Å². The summed E-state index contributed by atoms with van der Waals surface area (Å²) in [7, 11) is 0. The van der Waals surface area contributed by atoms with Crippen molar-refractivity contribution in [2.45, 2.75) is 84.4 Å². The number of alkyl halides is 3. The molecule has 1 atom stereocenters. The van der Waals surface area contributed by atoms with Gasteiger partial charge in [0, 0.05) is 22.9 Å². The molecule has 0 aliphatic heterocycles. The zero-order valence-electron chi connectivity index (χ0n) is 18.0. The molecule has 2 aromatic rings. The summed E-state index contributed by atoms with van der Waals surface area (Å²) in [5.41, 5.74) is 1.16. The van der Waals surface area contributed by atoms with Crippen LogP contribution in [-0.2, 0) is 12.8 Å². The average molecular weight is 408 g/mol. The average Bonchev–Trinajstić information content (AvgIpc) is 2.66. The molecule has 0 aliphatic carbocycles. The van der Waals surface area contributed by atoms with Crippen molar-refractivity contribution in [3.63, 3.8) is 0 Å². The van der Waals surface area contributed by atoms with E-state index in [2.05, 4.69) is 0 Å². The van der Waals surface area contributed by atoms with Crippen LogP contribution in [0.25, 0.3) is 0 Å². The lowest BCUT2D eigenvalue weighted by Crippen LogP contribution is -2.23. The van der Waals surface area contributed by atoms with E-state index >= 15 is 0 Å². The predicted molar refractivity (Wildman–Crippen MR) is 111 cm³/mol.